The molecule has 3 aliphatic rings. The largest absolute Gasteiger partial charge is 0.442 e. The second-order valence-corrected chi connectivity index (χ2v) is 9.56. The van der Waals surface area contributed by atoms with Crippen LogP contribution in [0.1, 0.15) is 31.4 Å². The average molecular weight is 558 g/mol. The molecule has 0 aromatic heterocycles. The Morgan fingerprint density at radius 3 is 2.11 bits per heavy atom. The first kappa shape index (κ1) is 27.7. The lowest BCUT2D eigenvalue weighted by Gasteiger charge is -2.35. The molecule has 2 unspecified atom stereocenters. The number of nitriles is 1. The number of rotatable bonds is 3. The molecule has 4 rings (SSSR count). The van der Waals surface area contributed by atoms with Crippen LogP contribution in [0.5, 0.6) is 0 Å². The van der Waals surface area contributed by atoms with Gasteiger partial charge in [0.25, 0.3) is 6.10 Å². The number of anilines is 1. The van der Waals surface area contributed by atoms with Crippen LogP contribution in [-0.4, -0.2) is 47.4 Å². The van der Waals surface area contributed by atoms with E-state index in [1.54, 1.807) is 0 Å². The molecule has 2 bridgehead atoms. The van der Waals surface area contributed by atoms with Crippen LogP contribution in [0, 0.1) is 29.1 Å². The minimum absolute atomic E-state index is 0.382. The van der Waals surface area contributed by atoms with Gasteiger partial charge >= 0.3 is 24.5 Å². The maximum atomic E-state index is 13.4. The fourth-order valence-electron chi connectivity index (χ4n) is 5.65. The summed E-state index contributed by atoms with van der Waals surface area (Å²) in [5, 5.41) is 8.96. The van der Waals surface area contributed by atoms with Gasteiger partial charge in [0, 0.05) is 0 Å². The molecular weight excluding hydrogens is 543 g/mol. The molecular formula is C22H15F9N2O5. The van der Waals surface area contributed by atoms with Gasteiger partial charge in [0.1, 0.15) is 0 Å². The molecule has 0 radical (unpaired) electrons. The molecule has 206 valence electrons. The highest BCUT2D eigenvalue weighted by atomic mass is 19.4. The predicted octanol–water partition coefficient (Wildman–Crippen LogP) is 4.29. The van der Waals surface area contributed by atoms with E-state index in [-0.39, 0.29) is 0 Å². The van der Waals surface area contributed by atoms with Crippen LogP contribution in [-0.2, 0) is 30.0 Å². The fraction of sp³-hybridized carbons (Fsp3) is 0.545. The lowest BCUT2D eigenvalue weighted by Crippen LogP contribution is -2.52. The Hall–Kier alpha value is -3.35. The number of benzene rings is 1. The molecule has 16 heteroatoms. The fourth-order valence-corrected chi connectivity index (χ4v) is 5.65. The highest BCUT2D eigenvalue weighted by molar-refractivity contribution is 6.23. The van der Waals surface area contributed by atoms with E-state index in [4.69, 9.17) is 10.00 Å². The van der Waals surface area contributed by atoms with Gasteiger partial charge in [-0.05, 0) is 38.5 Å². The van der Waals surface area contributed by atoms with Crippen molar-refractivity contribution in [1.82, 2.24) is 0 Å². The van der Waals surface area contributed by atoms with Crippen molar-refractivity contribution in [2.75, 3.05) is 4.90 Å². The number of fused-ring (bicyclic) bond motifs is 5. The van der Waals surface area contributed by atoms with Gasteiger partial charge in [-0.1, -0.05) is 0 Å². The van der Waals surface area contributed by atoms with E-state index >= 15 is 0 Å². The first-order valence-electron chi connectivity index (χ1n) is 10.7. The summed E-state index contributed by atoms with van der Waals surface area (Å²) in [6.45, 7) is 2.25. The summed E-state index contributed by atoms with van der Waals surface area (Å²) in [5.74, 6) is -9.07. The van der Waals surface area contributed by atoms with Crippen molar-refractivity contribution in [2.45, 2.75) is 56.1 Å². The Bertz CT molecular complexity index is 1250. The molecule has 0 N–H and O–H groups in total. The molecule has 2 amide bonds. The van der Waals surface area contributed by atoms with Gasteiger partial charge in [0.15, 0.2) is 0 Å². The number of imide groups is 1. The number of halogens is 9. The normalized spacial score (nSPS) is 31.1. The third kappa shape index (κ3) is 3.98. The topological polar surface area (TPSA) is 96.7 Å². The molecule has 0 saturated carbocycles. The Morgan fingerprint density at radius 1 is 1.05 bits per heavy atom. The third-order valence-electron chi connectivity index (χ3n) is 7.14. The number of amides is 2. The highest BCUT2D eigenvalue weighted by Gasteiger charge is 2.77. The zero-order valence-corrected chi connectivity index (χ0v) is 19.1. The predicted molar refractivity (Wildman–Crippen MR) is 104 cm³/mol. The van der Waals surface area contributed by atoms with E-state index in [1.165, 1.54) is 13.0 Å². The minimum Gasteiger partial charge on any atom is -0.442 e. The zero-order chi connectivity index (χ0) is 28.8. The number of carbonyl (C=O) groups excluding carboxylic acids is 3. The SMILES string of the molecule is CC12C[C@@H](C(=O)OC(C(F)(F)F)C(F)(F)F)C(C)(O1)[C@@H]1C(=O)N(c3ccc(C#N)c(C(F)(F)F)c3)C(=O)[C@@H]12. The molecule has 3 saturated heterocycles. The monoisotopic (exact) mass is 558 g/mol. The van der Waals surface area contributed by atoms with E-state index in [0.29, 0.717) is 11.0 Å². The molecule has 3 fully saturated rings. The van der Waals surface area contributed by atoms with Crippen molar-refractivity contribution >= 4 is 23.5 Å². The van der Waals surface area contributed by atoms with Crippen LogP contribution in [0.2, 0.25) is 0 Å². The minimum atomic E-state index is -6.00. The van der Waals surface area contributed by atoms with Gasteiger partial charge < -0.3 is 9.47 Å². The summed E-state index contributed by atoms with van der Waals surface area (Å²) >= 11 is 0. The van der Waals surface area contributed by atoms with Crippen LogP contribution < -0.4 is 4.90 Å². The van der Waals surface area contributed by atoms with E-state index in [9.17, 15) is 53.9 Å². The van der Waals surface area contributed by atoms with Crippen molar-refractivity contribution < 1.29 is 63.4 Å². The summed E-state index contributed by atoms with van der Waals surface area (Å²) in [7, 11) is 0. The van der Waals surface area contributed by atoms with Crippen LogP contribution in [0.4, 0.5) is 45.2 Å². The maximum Gasteiger partial charge on any atom is 0.434 e. The summed E-state index contributed by atoms with van der Waals surface area (Å²) in [6.07, 6.45) is -22.1. The van der Waals surface area contributed by atoms with Crippen molar-refractivity contribution in [1.29, 1.82) is 5.26 Å². The van der Waals surface area contributed by atoms with Crippen molar-refractivity contribution in [2.24, 2.45) is 17.8 Å². The molecule has 38 heavy (non-hydrogen) atoms. The second-order valence-electron chi connectivity index (χ2n) is 9.56. The van der Waals surface area contributed by atoms with Crippen molar-refractivity contribution in [3.05, 3.63) is 29.3 Å². The molecule has 3 aliphatic heterocycles. The lowest BCUT2D eigenvalue weighted by molar-refractivity contribution is -0.315. The average Bonchev–Trinajstić information content (AvgIpc) is 3.29. The zero-order valence-electron chi connectivity index (χ0n) is 19.1. The van der Waals surface area contributed by atoms with Crippen LogP contribution in [0.15, 0.2) is 18.2 Å². The van der Waals surface area contributed by atoms with E-state index in [1.807, 2.05) is 0 Å². The first-order chi connectivity index (χ1) is 17.2. The maximum absolute atomic E-state index is 13.4. The third-order valence-corrected chi connectivity index (χ3v) is 7.14. The van der Waals surface area contributed by atoms with E-state index in [0.717, 1.165) is 19.1 Å². The summed E-state index contributed by atoms with van der Waals surface area (Å²) < 4.78 is 127. The quantitative estimate of drug-likeness (QED) is 0.312. The lowest BCUT2D eigenvalue weighted by atomic mass is 9.64. The molecule has 0 spiro atoms. The number of carbonyl (C=O) groups is 3. The molecule has 1 aromatic rings. The summed E-state index contributed by atoms with van der Waals surface area (Å²) in [5.41, 5.74) is -6.66. The summed E-state index contributed by atoms with van der Waals surface area (Å²) in [6, 6.07) is 3.36. The van der Waals surface area contributed by atoms with Gasteiger partial charge in [-0.2, -0.15) is 44.8 Å². The first-order valence-corrected chi connectivity index (χ1v) is 10.7. The molecule has 5 atom stereocenters. The Morgan fingerprint density at radius 2 is 1.61 bits per heavy atom. The number of esters is 1. The van der Waals surface area contributed by atoms with E-state index < -0.39 is 94.6 Å². The highest BCUT2D eigenvalue weighted by Crippen LogP contribution is 2.63. The standard InChI is InChI=1S/C22H15F9N2O5/c1-18-6-11(16(36)37-17(21(26,27)28)22(29,30)31)19(2,38-18)13-12(18)14(34)33(15(13)35)9-4-3-8(7-32)10(5-9)20(23,24)25/h3-5,11-13,17H,6H2,1-2H3/t11-,12+,13-,18?,19?/m0/s1. The van der Waals surface area contributed by atoms with Gasteiger partial charge in [-0.15, -0.1) is 0 Å². The van der Waals surface area contributed by atoms with Crippen molar-refractivity contribution in [3.8, 4) is 6.07 Å². The Balaban J connectivity index is 1.70. The van der Waals surface area contributed by atoms with Crippen LogP contribution in [0.3, 0.4) is 0 Å². The number of hydrogen-bond acceptors (Lipinski definition) is 6. The van der Waals surface area contributed by atoms with Gasteiger partial charge in [-0.25, -0.2) is 4.90 Å². The van der Waals surface area contributed by atoms with Gasteiger partial charge in [0.05, 0.1) is 51.8 Å². The Kier molecular flexibility index (Phi) is 5.88. The smallest absolute Gasteiger partial charge is 0.434 e. The second kappa shape index (κ2) is 8.08. The number of alkyl halides is 9. The number of nitrogens with zero attached hydrogens (tertiary/aromatic N) is 2. The van der Waals surface area contributed by atoms with Crippen LogP contribution in [0.25, 0.3) is 0 Å². The molecule has 3 heterocycles. The van der Waals surface area contributed by atoms with E-state index in [2.05, 4.69) is 4.74 Å². The molecule has 7 nitrogen and oxygen atoms in total. The summed E-state index contributed by atoms with van der Waals surface area (Å²) in [4.78, 5) is 39.5. The van der Waals surface area contributed by atoms with Crippen LogP contribution >= 0.6 is 0 Å². The molecule has 0 aliphatic carbocycles. The molecule has 1 aromatic carbocycles. The van der Waals surface area contributed by atoms with Gasteiger partial charge in [0.2, 0.25) is 11.8 Å². The number of ether oxygens (including phenoxy) is 2. The number of hydrogen-bond donors (Lipinski definition) is 0. The Labute approximate surface area is 207 Å². The van der Waals surface area contributed by atoms with Gasteiger partial charge in [-0.3, -0.25) is 14.4 Å². The van der Waals surface area contributed by atoms with Crippen molar-refractivity contribution in [3.63, 3.8) is 0 Å².